The molecule has 0 amide bonds. The zero-order chi connectivity index (χ0) is 15.2. The third kappa shape index (κ3) is 5.47. The molecule has 0 aliphatic rings. The highest BCUT2D eigenvalue weighted by molar-refractivity contribution is 5.34. The van der Waals surface area contributed by atoms with Gasteiger partial charge in [0.2, 0.25) is 0 Å². The van der Waals surface area contributed by atoms with Gasteiger partial charge in [-0.3, -0.25) is 0 Å². The molecule has 1 N–H and O–H groups in total. The molecule has 7 heteroatoms. The van der Waals surface area contributed by atoms with E-state index in [0.29, 0.717) is 11.3 Å². The normalized spacial score (nSPS) is 13.1. The quantitative estimate of drug-likeness (QED) is 0.867. The summed E-state index contributed by atoms with van der Waals surface area (Å²) in [4.78, 5) is 1.34. The molecule has 0 saturated carbocycles. The van der Waals surface area contributed by atoms with Crippen LogP contribution in [0.3, 0.4) is 0 Å². The van der Waals surface area contributed by atoms with E-state index in [4.69, 9.17) is 15.1 Å². The van der Waals surface area contributed by atoms with Crippen molar-refractivity contribution in [1.29, 1.82) is 5.26 Å². The minimum atomic E-state index is -4.61. The summed E-state index contributed by atoms with van der Waals surface area (Å²) in [6, 6.07) is 8.37. The molecular weight excluding hydrogens is 273 g/mol. The number of aliphatic hydroxyl groups excluding tert-OH is 1. The number of nitrogens with zero attached hydrogens (tertiary/aromatic N) is 2. The molecule has 1 rings (SSSR count). The van der Waals surface area contributed by atoms with Gasteiger partial charge in [0.15, 0.2) is 6.10 Å². The fourth-order valence-corrected chi connectivity index (χ4v) is 1.44. The lowest BCUT2D eigenvalue weighted by molar-refractivity contribution is -0.207. The SMILES string of the molecule is CN(CCOc1ccc(C#N)cc1)CC(O)C(F)(F)F. The summed E-state index contributed by atoms with van der Waals surface area (Å²) in [5.41, 5.74) is 0.503. The van der Waals surface area contributed by atoms with Crippen LogP contribution in [0.4, 0.5) is 13.2 Å². The molecule has 110 valence electrons. The van der Waals surface area contributed by atoms with Gasteiger partial charge in [0.05, 0.1) is 11.6 Å². The summed E-state index contributed by atoms with van der Waals surface area (Å²) >= 11 is 0. The Morgan fingerprint density at radius 3 is 2.45 bits per heavy atom. The highest BCUT2D eigenvalue weighted by Crippen LogP contribution is 2.20. The minimum absolute atomic E-state index is 0.187. The van der Waals surface area contributed by atoms with Gasteiger partial charge in [0.1, 0.15) is 12.4 Å². The standard InChI is InChI=1S/C13H15F3N2O2/c1-18(9-12(19)13(14,15)16)6-7-20-11-4-2-10(8-17)3-5-11/h2-5,12,19H,6-7,9H2,1H3. The topological polar surface area (TPSA) is 56.5 Å². The average molecular weight is 288 g/mol. The van der Waals surface area contributed by atoms with Gasteiger partial charge in [0, 0.05) is 13.1 Å². The van der Waals surface area contributed by atoms with Crippen molar-refractivity contribution in [3.05, 3.63) is 29.8 Å². The lowest BCUT2D eigenvalue weighted by Crippen LogP contribution is -2.40. The van der Waals surface area contributed by atoms with Crippen LogP contribution in [0.25, 0.3) is 0 Å². The van der Waals surface area contributed by atoms with E-state index in [9.17, 15) is 13.2 Å². The Labute approximate surface area is 115 Å². The van der Waals surface area contributed by atoms with Gasteiger partial charge in [-0.05, 0) is 31.3 Å². The van der Waals surface area contributed by atoms with Crippen molar-refractivity contribution in [2.45, 2.75) is 12.3 Å². The first-order valence-electron chi connectivity index (χ1n) is 5.89. The van der Waals surface area contributed by atoms with Gasteiger partial charge in [-0.2, -0.15) is 18.4 Å². The number of likely N-dealkylation sites (N-methyl/N-ethyl adjacent to an activating group) is 1. The number of nitriles is 1. The van der Waals surface area contributed by atoms with E-state index in [1.54, 1.807) is 24.3 Å². The molecule has 0 aliphatic carbocycles. The molecule has 1 unspecified atom stereocenters. The largest absolute Gasteiger partial charge is 0.492 e. The average Bonchev–Trinajstić information content (AvgIpc) is 2.38. The first-order chi connectivity index (χ1) is 9.32. The van der Waals surface area contributed by atoms with Crippen molar-refractivity contribution in [3.8, 4) is 11.8 Å². The van der Waals surface area contributed by atoms with Gasteiger partial charge in [0.25, 0.3) is 0 Å². The summed E-state index contributed by atoms with van der Waals surface area (Å²) < 4.78 is 41.7. The minimum Gasteiger partial charge on any atom is -0.492 e. The third-order valence-corrected chi connectivity index (χ3v) is 2.59. The predicted molar refractivity (Wildman–Crippen MR) is 66.2 cm³/mol. The smallest absolute Gasteiger partial charge is 0.415 e. The summed E-state index contributed by atoms with van der Waals surface area (Å²) in [6.07, 6.45) is -6.97. The van der Waals surface area contributed by atoms with Gasteiger partial charge in [-0.15, -0.1) is 0 Å². The van der Waals surface area contributed by atoms with Crippen LogP contribution < -0.4 is 4.74 Å². The summed E-state index contributed by atoms with van der Waals surface area (Å²) in [5, 5.41) is 17.5. The molecule has 0 spiro atoms. The van der Waals surface area contributed by atoms with Gasteiger partial charge >= 0.3 is 6.18 Å². The second-order valence-electron chi connectivity index (χ2n) is 4.30. The Kier molecular flexibility index (Phi) is 5.80. The lowest BCUT2D eigenvalue weighted by Gasteiger charge is -2.22. The molecular formula is C13H15F3N2O2. The second-order valence-corrected chi connectivity index (χ2v) is 4.30. The first-order valence-corrected chi connectivity index (χ1v) is 5.89. The van der Waals surface area contributed by atoms with Gasteiger partial charge in [-0.25, -0.2) is 0 Å². The van der Waals surface area contributed by atoms with Crippen LogP contribution in [0.1, 0.15) is 5.56 Å². The Hall–Kier alpha value is -1.78. The molecule has 1 aromatic carbocycles. The van der Waals surface area contributed by atoms with Crippen LogP contribution >= 0.6 is 0 Å². The summed E-state index contributed by atoms with van der Waals surface area (Å²) in [7, 11) is 1.47. The summed E-state index contributed by atoms with van der Waals surface area (Å²) in [6.45, 7) is -0.0691. The van der Waals surface area contributed by atoms with Crippen molar-refractivity contribution in [2.24, 2.45) is 0 Å². The Balaban J connectivity index is 2.31. The molecule has 0 aromatic heterocycles. The van der Waals surface area contributed by atoms with E-state index >= 15 is 0 Å². The molecule has 0 bridgehead atoms. The molecule has 20 heavy (non-hydrogen) atoms. The van der Waals surface area contributed by atoms with Crippen LogP contribution in [0.2, 0.25) is 0 Å². The van der Waals surface area contributed by atoms with Crippen LogP contribution in [-0.4, -0.2) is 49.0 Å². The molecule has 0 heterocycles. The van der Waals surface area contributed by atoms with Gasteiger partial charge < -0.3 is 14.7 Å². The molecule has 1 atom stereocenters. The van der Waals surface area contributed by atoms with E-state index in [2.05, 4.69) is 0 Å². The van der Waals surface area contributed by atoms with Crippen LogP contribution in [-0.2, 0) is 0 Å². The Bertz CT molecular complexity index is 454. The molecule has 4 nitrogen and oxygen atoms in total. The highest BCUT2D eigenvalue weighted by atomic mass is 19.4. The highest BCUT2D eigenvalue weighted by Gasteiger charge is 2.38. The number of alkyl halides is 3. The van der Waals surface area contributed by atoms with E-state index < -0.39 is 18.8 Å². The molecule has 0 aliphatic heterocycles. The van der Waals surface area contributed by atoms with Crippen molar-refractivity contribution >= 4 is 0 Å². The van der Waals surface area contributed by atoms with Crippen molar-refractivity contribution < 1.29 is 23.0 Å². The van der Waals surface area contributed by atoms with Crippen molar-refractivity contribution in [1.82, 2.24) is 4.90 Å². The fraction of sp³-hybridized carbons (Fsp3) is 0.462. The van der Waals surface area contributed by atoms with Gasteiger partial charge in [-0.1, -0.05) is 0 Å². The fourth-order valence-electron chi connectivity index (χ4n) is 1.44. The molecule has 0 radical (unpaired) electrons. The lowest BCUT2D eigenvalue weighted by atomic mass is 10.2. The maximum atomic E-state index is 12.1. The maximum absolute atomic E-state index is 12.1. The van der Waals surface area contributed by atoms with E-state index in [1.165, 1.54) is 11.9 Å². The maximum Gasteiger partial charge on any atom is 0.415 e. The molecule has 0 saturated heterocycles. The van der Waals surface area contributed by atoms with Crippen molar-refractivity contribution in [2.75, 3.05) is 26.7 Å². The van der Waals surface area contributed by atoms with Crippen LogP contribution in [0, 0.1) is 11.3 Å². The second kappa shape index (κ2) is 7.12. The number of hydrogen-bond donors (Lipinski definition) is 1. The van der Waals surface area contributed by atoms with Crippen molar-refractivity contribution in [3.63, 3.8) is 0 Å². The third-order valence-electron chi connectivity index (χ3n) is 2.59. The van der Waals surface area contributed by atoms with E-state index in [-0.39, 0.29) is 13.2 Å². The zero-order valence-electron chi connectivity index (χ0n) is 10.9. The van der Waals surface area contributed by atoms with E-state index in [0.717, 1.165) is 0 Å². The Morgan fingerprint density at radius 2 is 1.95 bits per heavy atom. The Morgan fingerprint density at radius 1 is 1.35 bits per heavy atom. The van der Waals surface area contributed by atoms with Crippen LogP contribution in [0.5, 0.6) is 5.75 Å². The number of hydrogen-bond acceptors (Lipinski definition) is 4. The number of rotatable bonds is 6. The monoisotopic (exact) mass is 288 g/mol. The number of aliphatic hydroxyl groups is 1. The van der Waals surface area contributed by atoms with E-state index in [1.807, 2.05) is 6.07 Å². The number of halogens is 3. The first kappa shape index (κ1) is 16.3. The van der Waals surface area contributed by atoms with Crippen LogP contribution in [0.15, 0.2) is 24.3 Å². The number of ether oxygens (including phenoxy) is 1. The summed E-state index contributed by atoms with van der Waals surface area (Å²) in [5.74, 6) is 0.536. The molecule has 1 aromatic rings. The predicted octanol–water partition coefficient (Wildman–Crippen LogP) is 1.79. The number of benzene rings is 1. The zero-order valence-corrected chi connectivity index (χ0v) is 10.9. The molecule has 0 fully saturated rings.